The van der Waals surface area contributed by atoms with E-state index >= 15 is 0 Å². The molecule has 3 nitrogen and oxygen atoms in total. The fourth-order valence-electron chi connectivity index (χ4n) is 0.878. The molecule has 0 amide bonds. The van der Waals surface area contributed by atoms with Crippen LogP contribution in [-0.2, 0) is 6.42 Å². The van der Waals surface area contributed by atoms with E-state index in [1.165, 1.54) is 6.39 Å². The summed E-state index contributed by atoms with van der Waals surface area (Å²) in [4.78, 5) is 7.94. The monoisotopic (exact) mass is 134 g/mol. The lowest BCUT2D eigenvalue weighted by molar-refractivity contribution is 0.520. The minimum absolute atomic E-state index is 0.738. The zero-order valence-corrected chi connectivity index (χ0v) is 5.32. The summed E-state index contributed by atoms with van der Waals surface area (Å²) in [6, 6.07) is 0. The van der Waals surface area contributed by atoms with Crippen LogP contribution in [0.2, 0.25) is 0 Å². The van der Waals surface area contributed by atoms with Crippen LogP contribution in [0.15, 0.2) is 22.0 Å². The Kier molecular flexibility index (Phi) is 1.13. The molecule has 0 N–H and O–H groups in total. The summed E-state index contributed by atoms with van der Waals surface area (Å²) in [7, 11) is 0. The third kappa shape index (κ3) is 0.757. The quantitative estimate of drug-likeness (QED) is 0.536. The molecular formula is C7H6N2O. The van der Waals surface area contributed by atoms with Gasteiger partial charge < -0.3 is 4.42 Å². The second-order valence-corrected chi connectivity index (χ2v) is 2.01. The highest BCUT2D eigenvalue weighted by Crippen LogP contribution is 2.10. The van der Waals surface area contributed by atoms with E-state index in [2.05, 4.69) is 9.98 Å². The number of fused-ring (bicyclic) bond motifs is 1. The van der Waals surface area contributed by atoms with E-state index in [1.54, 1.807) is 12.4 Å². The molecule has 1 aliphatic rings. The van der Waals surface area contributed by atoms with E-state index in [0.717, 1.165) is 17.9 Å². The van der Waals surface area contributed by atoms with Crippen LogP contribution in [0.4, 0.5) is 0 Å². The molecule has 0 spiro atoms. The van der Waals surface area contributed by atoms with Crippen LogP contribution in [0.1, 0.15) is 11.5 Å². The average molecular weight is 134 g/mol. The van der Waals surface area contributed by atoms with Gasteiger partial charge in [-0.15, -0.1) is 0 Å². The summed E-state index contributed by atoms with van der Waals surface area (Å²) >= 11 is 0. The summed E-state index contributed by atoms with van der Waals surface area (Å²) < 4.78 is 5.08. The molecule has 0 radical (unpaired) electrons. The van der Waals surface area contributed by atoms with E-state index in [0.29, 0.717) is 0 Å². The molecule has 2 heterocycles. The molecule has 1 aliphatic heterocycles. The predicted octanol–water partition coefficient (Wildman–Crippen LogP) is 1.27. The first-order chi connectivity index (χ1) is 4.97. The number of aliphatic imine (C=N–C) groups is 1. The van der Waals surface area contributed by atoms with Crippen molar-refractivity contribution in [2.45, 2.75) is 6.42 Å². The van der Waals surface area contributed by atoms with Crippen molar-refractivity contribution in [3.05, 3.63) is 24.0 Å². The number of hydrogen-bond donors (Lipinski definition) is 0. The maximum atomic E-state index is 5.08. The number of rotatable bonds is 0. The lowest BCUT2D eigenvalue weighted by atomic mass is 10.3. The Balaban J connectivity index is 2.50. The van der Waals surface area contributed by atoms with Crippen LogP contribution < -0.4 is 0 Å². The molecule has 0 bridgehead atoms. The van der Waals surface area contributed by atoms with Crippen molar-refractivity contribution in [2.75, 3.05) is 0 Å². The van der Waals surface area contributed by atoms with E-state index in [9.17, 15) is 0 Å². The zero-order valence-electron chi connectivity index (χ0n) is 5.32. The summed E-state index contributed by atoms with van der Waals surface area (Å²) in [5.41, 5.74) is 0.887. The van der Waals surface area contributed by atoms with Crippen molar-refractivity contribution < 1.29 is 4.42 Å². The molecule has 0 unspecified atom stereocenters. The SMILES string of the molecule is C1=Cc2ncoc2CC=N1. The van der Waals surface area contributed by atoms with Crippen molar-refractivity contribution in [3.63, 3.8) is 0 Å². The maximum Gasteiger partial charge on any atom is 0.181 e. The normalized spacial score (nSPS) is 14.8. The maximum absolute atomic E-state index is 5.08. The van der Waals surface area contributed by atoms with Gasteiger partial charge in [-0.2, -0.15) is 0 Å². The largest absolute Gasteiger partial charge is 0.447 e. The van der Waals surface area contributed by atoms with Crippen LogP contribution in [0.5, 0.6) is 0 Å². The summed E-state index contributed by atoms with van der Waals surface area (Å²) in [5, 5.41) is 0. The Labute approximate surface area is 58.1 Å². The number of hydrogen-bond acceptors (Lipinski definition) is 3. The molecule has 0 saturated heterocycles. The number of aromatic nitrogens is 1. The molecule has 50 valence electrons. The first-order valence-corrected chi connectivity index (χ1v) is 3.07. The first kappa shape index (κ1) is 5.41. The Bertz CT molecular complexity index is 286. The van der Waals surface area contributed by atoms with E-state index in [-0.39, 0.29) is 0 Å². The van der Waals surface area contributed by atoms with Crippen LogP contribution in [0.25, 0.3) is 6.08 Å². The molecule has 1 aromatic heterocycles. The highest BCUT2D eigenvalue weighted by atomic mass is 16.3. The fraction of sp³-hybridized carbons (Fsp3) is 0.143. The number of nitrogens with zero attached hydrogens (tertiary/aromatic N) is 2. The van der Waals surface area contributed by atoms with Crippen molar-refractivity contribution in [1.82, 2.24) is 4.98 Å². The molecule has 0 atom stereocenters. The molecule has 1 aromatic rings. The third-order valence-corrected chi connectivity index (χ3v) is 1.37. The third-order valence-electron chi connectivity index (χ3n) is 1.37. The lowest BCUT2D eigenvalue weighted by Crippen LogP contribution is -1.83. The van der Waals surface area contributed by atoms with Gasteiger partial charge in [-0.05, 0) is 6.08 Å². The molecule has 10 heavy (non-hydrogen) atoms. The molecule has 3 heteroatoms. The average Bonchev–Trinajstić information content (AvgIpc) is 2.28. The van der Waals surface area contributed by atoms with Gasteiger partial charge in [-0.3, -0.25) is 4.99 Å². The van der Waals surface area contributed by atoms with E-state index in [4.69, 9.17) is 4.42 Å². The molecule has 2 rings (SSSR count). The minimum Gasteiger partial charge on any atom is -0.447 e. The number of oxazole rings is 1. The standard InChI is InChI=1S/C7H6N2O/c1-3-8-4-2-7-6(1)9-5-10-7/h1,3-5H,2H2. The van der Waals surface area contributed by atoms with Crippen molar-refractivity contribution in [3.8, 4) is 0 Å². The summed E-state index contributed by atoms with van der Waals surface area (Å²) in [6.07, 6.45) is 7.54. The van der Waals surface area contributed by atoms with Gasteiger partial charge in [0.15, 0.2) is 6.39 Å². The summed E-state index contributed by atoms with van der Waals surface area (Å²) in [5.74, 6) is 0.887. The first-order valence-electron chi connectivity index (χ1n) is 3.07. The van der Waals surface area contributed by atoms with Gasteiger partial charge in [-0.25, -0.2) is 4.98 Å². The van der Waals surface area contributed by atoms with Crippen LogP contribution in [0.3, 0.4) is 0 Å². The topological polar surface area (TPSA) is 38.4 Å². The highest BCUT2D eigenvalue weighted by molar-refractivity contribution is 5.66. The van der Waals surface area contributed by atoms with E-state index < -0.39 is 0 Å². The van der Waals surface area contributed by atoms with E-state index in [1.807, 2.05) is 6.08 Å². The second kappa shape index (κ2) is 2.10. The zero-order chi connectivity index (χ0) is 6.81. The molecule has 0 aromatic carbocycles. The smallest absolute Gasteiger partial charge is 0.181 e. The highest BCUT2D eigenvalue weighted by Gasteiger charge is 2.03. The van der Waals surface area contributed by atoms with Gasteiger partial charge in [0.2, 0.25) is 0 Å². The predicted molar refractivity (Wildman–Crippen MR) is 37.7 cm³/mol. The second-order valence-electron chi connectivity index (χ2n) is 2.01. The Morgan fingerprint density at radius 3 is 3.50 bits per heavy atom. The molecule has 0 fully saturated rings. The van der Waals surface area contributed by atoms with Gasteiger partial charge >= 0.3 is 0 Å². The fourth-order valence-corrected chi connectivity index (χ4v) is 0.878. The summed E-state index contributed by atoms with van der Waals surface area (Å²) in [6.45, 7) is 0. The minimum atomic E-state index is 0.738. The molecule has 0 aliphatic carbocycles. The van der Waals surface area contributed by atoms with Gasteiger partial charge in [0.1, 0.15) is 11.5 Å². The Morgan fingerprint density at radius 1 is 1.50 bits per heavy atom. The van der Waals surface area contributed by atoms with Crippen molar-refractivity contribution in [2.24, 2.45) is 4.99 Å². The Hall–Kier alpha value is -1.38. The molecule has 0 saturated carbocycles. The lowest BCUT2D eigenvalue weighted by Gasteiger charge is -1.84. The van der Waals surface area contributed by atoms with Crippen molar-refractivity contribution in [1.29, 1.82) is 0 Å². The van der Waals surface area contributed by atoms with Gasteiger partial charge in [0, 0.05) is 18.8 Å². The van der Waals surface area contributed by atoms with Gasteiger partial charge in [0.05, 0.1) is 0 Å². The van der Waals surface area contributed by atoms with Gasteiger partial charge in [-0.1, -0.05) is 0 Å². The molecular weight excluding hydrogens is 128 g/mol. The van der Waals surface area contributed by atoms with Gasteiger partial charge in [0.25, 0.3) is 0 Å². The Morgan fingerprint density at radius 2 is 2.50 bits per heavy atom. The van der Waals surface area contributed by atoms with Crippen LogP contribution in [0, 0.1) is 0 Å². The van der Waals surface area contributed by atoms with Crippen LogP contribution >= 0.6 is 0 Å². The van der Waals surface area contributed by atoms with Crippen molar-refractivity contribution >= 4 is 12.3 Å². The van der Waals surface area contributed by atoms with Crippen LogP contribution in [-0.4, -0.2) is 11.2 Å².